The number of ketones is 1. The first-order valence-corrected chi connectivity index (χ1v) is 12.5. The van der Waals surface area contributed by atoms with Gasteiger partial charge >= 0.3 is 12.0 Å². The van der Waals surface area contributed by atoms with Gasteiger partial charge in [0.1, 0.15) is 6.54 Å². The van der Waals surface area contributed by atoms with Gasteiger partial charge in [0.25, 0.3) is 5.91 Å². The van der Waals surface area contributed by atoms with E-state index in [2.05, 4.69) is 16.0 Å². The Morgan fingerprint density at radius 2 is 1.62 bits per heavy atom. The standard InChI is InChI=1S/C29H29N5O6/c1-18-5-3-4-6-23(18)32-29(40)31-20-9-7-19(8-10-20)25(35)16-30-21-11-12-24-22(15-21)28(39)34(14-13-27(37)38)17-26(36)33(24)2/h3-12,15,30H,13-14,16-17H2,1-2H3,(H,37,38)(H2,31,32,40). The quantitative estimate of drug-likeness (QED) is 0.300. The lowest BCUT2D eigenvalue weighted by Crippen LogP contribution is -2.38. The molecule has 0 atom stereocenters. The summed E-state index contributed by atoms with van der Waals surface area (Å²) in [5, 5.41) is 17.5. The summed E-state index contributed by atoms with van der Waals surface area (Å²) < 4.78 is 0. The smallest absolute Gasteiger partial charge is 0.323 e. The van der Waals surface area contributed by atoms with Crippen molar-refractivity contribution in [2.24, 2.45) is 0 Å². The van der Waals surface area contributed by atoms with E-state index in [0.29, 0.717) is 28.3 Å². The summed E-state index contributed by atoms with van der Waals surface area (Å²) in [4.78, 5) is 64.3. The van der Waals surface area contributed by atoms with Crippen molar-refractivity contribution >= 4 is 52.3 Å². The zero-order valence-corrected chi connectivity index (χ0v) is 22.1. The second-order valence-corrected chi connectivity index (χ2v) is 9.30. The second kappa shape index (κ2) is 12.1. The third kappa shape index (κ3) is 6.62. The summed E-state index contributed by atoms with van der Waals surface area (Å²) in [5.41, 5.74) is 3.70. The number of carbonyl (C=O) groups is 5. The number of para-hydroxylation sites is 1. The lowest BCUT2D eigenvalue weighted by atomic mass is 10.1. The summed E-state index contributed by atoms with van der Waals surface area (Å²) >= 11 is 0. The molecule has 0 saturated heterocycles. The van der Waals surface area contributed by atoms with Crippen LogP contribution in [-0.4, -0.2) is 66.3 Å². The molecule has 4 amide bonds. The average Bonchev–Trinajstić information content (AvgIpc) is 3.02. The van der Waals surface area contributed by atoms with Gasteiger partial charge < -0.3 is 30.9 Å². The van der Waals surface area contributed by atoms with Gasteiger partial charge in [-0.15, -0.1) is 0 Å². The lowest BCUT2D eigenvalue weighted by Gasteiger charge is -2.19. The van der Waals surface area contributed by atoms with Gasteiger partial charge in [-0.1, -0.05) is 18.2 Å². The number of fused-ring (bicyclic) bond motifs is 1. The van der Waals surface area contributed by atoms with E-state index in [1.54, 1.807) is 55.6 Å². The molecule has 0 radical (unpaired) electrons. The molecule has 4 rings (SSSR count). The van der Waals surface area contributed by atoms with E-state index in [9.17, 15) is 24.0 Å². The third-order valence-electron chi connectivity index (χ3n) is 6.48. The van der Waals surface area contributed by atoms with Crippen LogP contribution < -0.4 is 20.9 Å². The number of benzene rings is 3. The van der Waals surface area contributed by atoms with Crippen molar-refractivity contribution in [2.75, 3.05) is 47.5 Å². The fourth-order valence-electron chi connectivity index (χ4n) is 4.19. The van der Waals surface area contributed by atoms with E-state index in [0.717, 1.165) is 5.56 Å². The highest BCUT2D eigenvalue weighted by atomic mass is 16.4. The maximum Gasteiger partial charge on any atom is 0.323 e. The number of Topliss-reactive ketones (excluding diaryl/α,β-unsaturated/α-hetero) is 1. The van der Waals surface area contributed by atoms with Crippen molar-refractivity contribution in [1.82, 2.24) is 4.90 Å². The van der Waals surface area contributed by atoms with Crippen LogP contribution >= 0.6 is 0 Å². The fourth-order valence-corrected chi connectivity index (χ4v) is 4.19. The molecule has 0 spiro atoms. The minimum Gasteiger partial charge on any atom is -0.481 e. The van der Waals surface area contributed by atoms with Crippen LogP contribution in [0.2, 0.25) is 0 Å². The Balaban J connectivity index is 1.38. The minimum absolute atomic E-state index is 0.0645. The molecule has 11 heteroatoms. The molecule has 4 N–H and O–H groups in total. The predicted octanol–water partition coefficient (Wildman–Crippen LogP) is 3.83. The molecule has 0 aromatic heterocycles. The summed E-state index contributed by atoms with van der Waals surface area (Å²) in [7, 11) is 1.55. The number of carbonyl (C=O) groups excluding carboxylic acids is 4. The largest absolute Gasteiger partial charge is 0.481 e. The Kier molecular flexibility index (Phi) is 8.43. The number of amides is 4. The predicted molar refractivity (Wildman–Crippen MR) is 151 cm³/mol. The zero-order valence-electron chi connectivity index (χ0n) is 22.1. The first-order chi connectivity index (χ1) is 19.1. The van der Waals surface area contributed by atoms with E-state index < -0.39 is 17.9 Å². The molecule has 1 heterocycles. The molecule has 0 saturated carbocycles. The Bertz CT molecular complexity index is 1470. The van der Waals surface area contributed by atoms with Crippen molar-refractivity contribution in [1.29, 1.82) is 0 Å². The van der Waals surface area contributed by atoms with Gasteiger partial charge in [-0.25, -0.2) is 4.79 Å². The van der Waals surface area contributed by atoms with Crippen LogP contribution in [0.4, 0.5) is 27.5 Å². The number of anilines is 4. The number of likely N-dealkylation sites (N-methyl/N-ethyl adjacent to an activating group) is 1. The Hall–Kier alpha value is -5.19. The number of urea groups is 1. The van der Waals surface area contributed by atoms with Crippen molar-refractivity contribution in [2.45, 2.75) is 13.3 Å². The van der Waals surface area contributed by atoms with Gasteiger partial charge in [-0.05, 0) is 61.0 Å². The van der Waals surface area contributed by atoms with Gasteiger partial charge in [0.15, 0.2) is 5.78 Å². The number of rotatable bonds is 9. The Labute approximate surface area is 230 Å². The van der Waals surface area contributed by atoms with E-state index in [4.69, 9.17) is 5.11 Å². The summed E-state index contributed by atoms with van der Waals surface area (Å²) in [6.45, 7) is 1.51. The highest BCUT2D eigenvalue weighted by Gasteiger charge is 2.30. The molecular formula is C29H29N5O6. The number of hydrogen-bond acceptors (Lipinski definition) is 6. The lowest BCUT2D eigenvalue weighted by molar-refractivity contribution is -0.137. The molecule has 206 valence electrons. The fraction of sp³-hybridized carbons (Fsp3) is 0.207. The van der Waals surface area contributed by atoms with Crippen LogP contribution in [-0.2, 0) is 9.59 Å². The van der Waals surface area contributed by atoms with E-state index in [1.807, 2.05) is 25.1 Å². The molecule has 0 unspecified atom stereocenters. The summed E-state index contributed by atoms with van der Waals surface area (Å²) in [6, 6.07) is 18.3. The minimum atomic E-state index is -1.07. The Morgan fingerprint density at radius 1 is 0.925 bits per heavy atom. The highest BCUT2D eigenvalue weighted by molar-refractivity contribution is 6.10. The van der Waals surface area contributed by atoms with Crippen molar-refractivity contribution < 1.29 is 29.1 Å². The highest BCUT2D eigenvalue weighted by Crippen LogP contribution is 2.28. The number of nitrogens with one attached hydrogen (secondary N) is 3. The monoisotopic (exact) mass is 543 g/mol. The Morgan fingerprint density at radius 3 is 2.33 bits per heavy atom. The van der Waals surface area contributed by atoms with Crippen LogP contribution in [0.15, 0.2) is 66.7 Å². The molecule has 1 aliphatic heterocycles. The normalized spacial score (nSPS) is 12.8. The van der Waals surface area contributed by atoms with Crippen LogP contribution in [0.25, 0.3) is 0 Å². The molecule has 0 fully saturated rings. The van der Waals surface area contributed by atoms with Crippen molar-refractivity contribution in [3.63, 3.8) is 0 Å². The molecule has 3 aromatic carbocycles. The molecule has 0 bridgehead atoms. The molecule has 3 aromatic rings. The van der Waals surface area contributed by atoms with Crippen LogP contribution in [0, 0.1) is 6.92 Å². The average molecular weight is 544 g/mol. The van der Waals surface area contributed by atoms with Gasteiger partial charge in [-0.3, -0.25) is 19.2 Å². The maximum absolute atomic E-state index is 13.1. The summed E-state index contributed by atoms with van der Waals surface area (Å²) in [6.07, 6.45) is -0.282. The van der Waals surface area contributed by atoms with Gasteiger partial charge in [0, 0.05) is 36.2 Å². The molecular weight excluding hydrogens is 514 g/mol. The number of aryl methyl sites for hydroxylation is 1. The molecule has 40 heavy (non-hydrogen) atoms. The number of hydrogen-bond donors (Lipinski definition) is 4. The molecule has 1 aliphatic rings. The number of aliphatic carboxylic acids is 1. The third-order valence-corrected chi connectivity index (χ3v) is 6.48. The topological polar surface area (TPSA) is 148 Å². The number of carboxylic acid groups (broad SMARTS) is 1. The van der Waals surface area contributed by atoms with Crippen molar-refractivity contribution in [3.05, 3.63) is 83.4 Å². The SMILES string of the molecule is Cc1ccccc1NC(=O)Nc1ccc(C(=O)CNc2ccc3c(c2)C(=O)N(CCC(=O)O)CC(=O)N3C)cc1. The first kappa shape index (κ1) is 27.8. The first-order valence-electron chi connectivity index (χ1n) is 12.5. The molecule has 11 nitrogen and oxygen atoms in total. The summed E-state index contributed by atoms with van der Waals surface area (Å²) in [5.74, 6) is -2.08. The van der Waals surface area contributed by atoms with E-state index in [-0.39, 0.29) is 43.3 Å². The second-order valence-electron chi connectivity index (χ2n) is 9.30. The molecule has 0 aliphatic carbocycles. The van der Waals surface area contributed by atoms with Crippen LogP contribution in [0.3, 0.4) is 0 Å². The maximum atomic E-state index is 13.1. The van der Waals surface area contributed by atoms with Crippen LogP contribution in [0.5, 0.6) is 0 Å². The van der Waals surface area contributed by atoms with E-state index >= 15 is 0 Å². The van der Waals surface area contributed by atoms with Crippen molar-refractivity contribution in [3.8, 4) is 0 Å². The van der Waals surface area contributed by atoms with E-state index in [1.165, 1.54) is 9.80 Å². The van der Waals surface area contributed by atoms with Gasteiger partial charge in [-0.2, -0.15) is 0 Å². The van der Waals surface area contributed by atoms with Gasteiger partial charge in [0.2, 0.25) is 5.91 Å². The van der Waals surface area contributed by atoms with Crippen LogP contribution in [0.1, 0.15) is 32.7 Å². The number of nitrogens with zero attached hydrogens (tertiary/aromatic N) is 2. The number of carboxylic acids is 1. The van der Waals surface area contributed by atoms with Gasteiger partial charge in [0.05, 0.1) is 24.2 Å². The zero-order chi connectivity index (χ0) is 28.8.